The van der Waals surface area contributed by atoms with Crippen LogP contribution >= 0.6 is 15.6 Å². The summed E-state index contributed by atoms with van der Waals surface area (Å²) in [4.78, 5) is 72.7. The Kier molecular flexibility index (Phi) is 67.8. The van der Waals surface area contributed by atoms with Crippen LogP contribution in [0.3, 0.4) is 0 Å². The lowest BCUT2D eigenvalue weighted by Gasteiger charge is -2.21. The maximum absolute atomic E-state index is 13.1. The van der Waals surface area contributed by atoms with Gasteiger partial charge in [0.25, 0.3) is 0 Å². The number of hydrogen-bond acceptors (Lipinski definition) is 15. The minimum absolute atomic E-state index is 0.0100. The highest BCUT2D eigenvalue weighted by molar-refractivity contribution is 7.47. The molecule has 5 atom stereocenters. The van der Waals surface area contributed by atoms with Gasteiger partial charge in [0, 0.05) is 19.3 Å². The first-order valence-corrected chi connectivity index (χ1v) is 40.4. The fraction of sp³-hybridized carbons (Fsp3) is 0.605. The molecule has 0 bridgehead atoms. The van der Waals surface area contributed by atoms with Gasteiger partial charge in [0.05, 0.1) is 32.8 Å². The second-order valence-corrected chi connectivity index (χ2v) is 27.0. The number of ether oxygens (including phenoxy) is 4. The number of hydrogen-bond donors (Lipinski definition) is 3. The Bertz CT molecular complexity index is 2570. The van der Waals surface area contributed by atoms with Crippen molar-refractivity contribution in [3.8, 4) is 0 Å². The Morgan fingerprint density at radius 1 is 0.300 bits per heavy atom. The quantitative estimate of drug-likeness (QED) is 0.0169. The molecule has 0 radical (unpaired) electrons. The number of esters is 4. The fourth-order valence-corrected chi connectivity index (χ4v) is 10.6. The maximum atomic E-state index is 13.1. The minimum Gasteiger partial charge on any atom is -0.462 e. The standard InChI is InChI=1S/C81H130O17P2/c1-5-9-13-17-21-25-29-32-35-36-37-38-41-43-47-50-54-58-62-66-79(84)92-72-77(98-81(86)68-64-60-56-52-48-44-40-34-31-27-23-19-15-11-7-3)74-96-100(89,90)94-70-75(82)69-93-99(87,88)95-73-76(97-80(85)67-63-59-55-51-45-28-24-20-16-12-8-4)71-91-78(83)65-61-57-53-49-46-42-39-33-30-26-22-18-14-10-6-2/h9,11,13,15,20-27,32-35,37-40,43,47-48,52,54,58,60,64,75-77,82H,5-8,10,12,14,16-19,28-31,36,41-42,44-46,49-51,53,55-57,59,61-63,65-74H2,1-4H3,(H,87,88)(H,89,90)/b13-9-,15-11-,24-20-,25-21-,26-22-,27-23-,35-32-,38-37-,39-33-,40-34-,47-43-,52-48-,58-54-,64-60-. The Hall–Kier alpha value is -5.58. The lowest BCUT2D eigenvalue weighted by atomic mass is 10.1. The normalized spacial score (nSPS) is 14.9. The monoisotopic (exact) mass is 1440 g/mol. The van der Waals surface area contributed by atoms with E-state index in [1.807, 2.05) is 30.4 Å². The molecule has 0 fully saturated rings. The van der Waals surface area contributed by atoms with Crippen molar-refractivity contribution in [1.29, 1.82) is 0 Å². The molecule has 0 amide bonds. The average molecular weight is 1440 g/mol. The predicted molar refractivity (Wildman–Crippen MR) is 408 cm³/mol. The second-order valence-electron chi connectivity index (χ2n) is 24.1. The number of carbonyl (C=O) groups excluding carboxylic acids is 4. The zero-order valence-corrected chi connectivity index (χ0v) is 63.3. The van der Waals surface area contributed by atoms with E-state index < -0.39 is 97.5 Å². The van der Waals surface area contributed by atoms with Gasteiger partial charge >= 0.3 is 39.5 Å². The van der Waals surface area contributed by atoms with Crippen LogP contribution in [0.2, 0.25) is 0 Å². The molecule has 17 nitrogen and oxygen atoms in total. The van der Waals surface area contributed by atoms with Crippen LogP contribution in [0.5, 0.6) is 0 Å². The lowest BCUT2D eigenvalue weighted by molar-refractivity contribution is -0.161. The van der Waals surface area contributed by atoms with Gasteiger partial charge in [-0.05, 0) is 141 Å². The first kappa shape index (κ1) is 94.4. The minimum atomic E-state index is -5.02. The molecule has 0 aliphatic heterocycles. The Morgan fingerprint density at radius 2 is 0.590 bits per heavy atom. The zero-order valence-electron chi connectivity index (χ0n) is 61.5. The van der Waals surface area contributed by atoms with E-state index in [1.54, 1.807) is 12.2 Å². The SMILES string of the molecule is CC/C=C\C/C=C\C/C=C\C/C=C\C/C=C\C/C=C\CCC(=O)OCC(COP(=O)(O)OCC(O)COP(=O)(O)OCC(COC(=O)CCCCCCC/C=C\C/C=C\CCCCC)OC(=O)CCCCCCC/C=C\CCCC)OC(=O)C/C=C\C/C=C\C/C=C\C/C=C\C/C=C\CC. The molecule has 0 aliphatic carbocycles. The van der Waals surface area contributed by atoms with E-state index >= 15 is 0 Å². The zero-order chi connectivity index (χ0) is 73.2. The van der Waals surface area contributed by atoms with Crippen LogP contribution in [0.4, 0.5) is 0 Å². The largest absolute Gasteiger partial charge is 0.472 e. The first-order valence-electron chi connectivity index (χ1n) is 37.4. The van der Waals surface area contributed by atoms with E-state index in [1.165, 1.54) is 32.1 Å². The topological polar surface area (TPSA) is 237 Å². The molecule has 0 aromatic rings. The van der Waals surface area contributed by atoms with Gasteiger partial charge in [0.1, 0.15) is 19.3 Å². The molecule has 5 unspecified atom stereocenters. The van der Waals surface area contributed by atoms with Crippen molar-refractivity contribution >= 4 is 39.5 Å². The molecule has 0 saturated carbocycles. The maximum Gasteiger partial charge on any atom is 0.472 e. The molecule has 0 spiro atoms. The van der Waals surface area contributed by atoms with Gasteiger partial charge in [-0.25, -0.2) is 9.13 Å². The Morgan fingerprint density at radius 3 is 0.990 bits per heavy atom. The van der Waals surface area contributed by atoms with Crippen molar-refractivity contribution in [2.24, 2.45) is 0 Å². The Labute approximate surface area is 603 Å². The van der Waals surface area contributed by atoms with Crippen LogP contribution in [0.1, 0.15) is 259 Å². The van der Waals surface area contributed by atoms with E-state index in [0.717, 1.165) is 141 Å². The molecule has 0 aromatic carbocycles. The number of phosphoric ester groups is 2. The molecule has 0 aliphatic rings. The van der Waals surface area contributed by atoms with Gasteiger partial charge in [0.15, 0.2) is 12.2 Å². The molecule has 566 valence electrons. The van der Waals surface area contributed by atoms with E-state index in [0.29, 0.717) is 32.1 Å². The lowest BCUT2D eigenvalue weighted by Crippen LogP contribution is -2.30. The third kappa shape index (κ3) is 70.8. The summed E-state index contributed by atoms with van der Waals surface area (Å²) >= 11 is 0. The summed E-state index contributed by atoms with van der Waals surface area (Å²) < 4.78 is 68.1. The van der Waals surface area contributed by atoms with Crippen LogP contribution < -0.4 is 0 Å². The predicted octanol–water partition coefficient (Wildman–Crippen LogP) is 21.4. The summed E-state index contributed by atoms with van der Waals surface area (Å²) in [5.41, 5.74) is 0. The van der Waals surface area contributed by atoms with Crippen LogP contribution in [0.25, 0.3) is 0 Å². The van der Waals surface area contributed by atoms with Gasteiger partial charge in [0.2, 0.25) is 0 Å². The molecule has 3 N–H and O–H groups in total. The van der Waals surface area contributed by atoms with Crippen molar-refractivity contribution in [2.45, 2.75) is 277 Å². The van der Waals surface area contributed by atoms with Gasteiger partial charge in [-0.1, -0.05) is 262 Å². The molecular weight excluding hydrogens is 1310 g/mol. The summed E-state index contributed by atoms with van der Waals surface area (Å²) in [6.45, 7) is 4.31. The third-order valence-corrected chi connectivity index (χ3v) is 16.6. The summed E-state index contributed by atoms with van der Waals surface area (Å²) in [6.07, 6.45) is 84.1. The van der Waals surface area contributed by atoms with Crippen LogP contribution in [-0.4, -0.2) is 96.7 Å². The third-order valence-electron chi connectivity index (χ3n) is 14.7. The van der Waals surface area contributed by atoms with Crippen LogP contribution in [0, 0.1) is 0 Å². The van der Waals surface area contributed by atoms with E-state index in [9.17, 15) is 43.2 Å². The highest BCUT2D eigenvalue weighted by Crippen LogP contribution is 2.45. The van der Waals surface area contributed by atoms with Gasteiger partial charge in [-0.15, -0.1) is 0 Å². The van der Waals surface area contributed by atoms with Crippen LogP contribution in [0.15, 0.2) is 170 Å². The number of aliphatic hydroxyl groups excluding tert-OH is 1. The summed E-state index contributed by atoms with van der Waals surface area (Å²) in [6, 6.07) is 0. The molecule has 0 heterocycles. The smallest absolute Gasteiger partial charge is 0.462 e. The molecule has 0 rings (SSSR count). The average Bonchev–Trinajstić information content (AvgIpc) is 0.985. The van der Waals surface area contributed by atoms with Crippen molar-refractivity contribution in [2.75, 3.05) is 39.6 Å². The highest BCUT2D eigenvalue weighted by Gasteiger charge is 2.30. The number of carbonyl (C=O) groups is 4. The van der Waals surface area contributed by atoms with Crippen molar-refractivity contribution < 1.29 is 80.2 Å². The summed E-state index contributed by atoms with van der Waals surface area (Å²) in [7, 11) is -10.0. The molecule has 0 saturated heterocycles. The number of phosphoric acid groups is 2. The van der Waals surface area contributed by atoms with E-state index in [4.69, 9.17) is 37.0 Å². The summed E-state index contributed by atoms with van der Waals surface area (Å²) in [5, 5.41) is 10.6. The molecule has 0 aromatic heterocycles. The number of rotatable bonds is 68. The van der Waals surface area contributed by atoms with Crippen molar-refractivity contribution in [3.05, 3.63) is 170 Å². The van der Waals surface area contributed by atoms with E-state index in [-0.39, 0.29) is 25.7 Å². The molecule has 19 heteroatoms. The van der Waals surface area contributed by atoms with Gasteiger partial charge in [-0.3, -0.25) is 37.3 Å². The van der Waals surface area contributed by atoms with Crippen LogP contribution in [-0.2, 0) is 65.4 Å². The first-order chi connectivity index (χ1) is 48.7. The number of allylic oxidation sites excluding steroid dienone is 27. The Balaban J connectivity index is 5.49. The van der Waals surface area contributed by atoms with E-state index in [2.05, 4.69) is 155 Å². The van der Waals surface area contributed by atoms with Gasteiger partial charge in [-0.2, -0.15) is 0 Å². The van der Waals surface area contributed by atoms with Crippen molar-refractivity contribution in [3.63, 3.8) is 0 Å². The molecule has 100 heavy (non-hydrogen) atoms. The fourth-order valence-electron chi connectivity index (χ4n) is 9.04. The summed E-state index contributed by atoms with van der Waals surface area (Å²) in [5.74, 6) is -2.47. The van der Waals surface area contributed by atoms with Gasteiger partial charge < -0.3 is 33.8 Å². The highest BCUT2D eigenvalue weighted by atomic mass is 31.2. The number of unbranched alkanes of at least 4 members (excludes halogenated alkanes) is 15. The second kappa shape index (κ2) is 71.8. The van der Waals surface area contributed by atoms with Crippen molar-refractivity contribution in [1.82, 2.24) is 0 Å². The molecular formula is C81H130O17P2. The number of aliphatic hydroxyl groups is 1.